The first-order valence-electron chi connectivity index (χ1n) is 9.07. The zero-order chi connectivity index (χ0) is 17.2. The quantitative estimate of drug-likeness (QED) is 0.865. The number of aromatic carboxylic acids is 1. The maximum atomic E-state index is 11.4. The number of pyridine rings is 1. The number of rotatable bonds is 6. The highest BCUT2D eigenvalue weighted by Crippen LogP contribution is 2.55. The van der Waals surface area contributed by atoms with E-state index in [9.17, 15) is 9.90 Å². The molecule has 1 heterocycles. The lowest BCUT2D eigenvalue weighted by Crippen LogP contribution is -2.64. The minimum Gasteiger partial charge on any atom is -0.478 e. The Morgan fingerprint density at radius 1 is 1.42 bits per heavy atom. The van der Waals surface area contributed by atoms with Crippen molar-refractivity contribution >= 4 is 5.97 Å². The van der Waals surface area contributed by atoms with E-state index < -0.39 is 5.97 Å². The molecule has 1 aromatic rings. The highest BCUT2D eigenvalue weighted by molar-refractivity contribution is 5.88. The van der Waals surface area contributed by atoms with E-state index in [0.29, 0.717) is 29.9 Å². The molecule has 132 valence electrons. The second-order valence-electron chi connectivity index (χ2n) is 7.21. The second kappa shape index (κ2) is 7.19. The van der Waals surface area contributed by atoms with Gasteiger partial charge in [0.15, 0.2) is 0 Å². The number of carboxylic acid groups (broad SMARTS) is 1. The van der Waals surface area contributed by atoms with Gasteiger partial charge in [0.1, 0.15) is 0 Å². The first-order valence-corrected chi connectivity index (χ1v) is 9.07. The molecule has 2 unspecified atom stereocenters. The first-order chi connectivity index (χ1) is 11.6. The second-order valence-corrected chi connectivity index (χ2v) is 7.21. The van der Waals surface area contributed by atoms with Crippen molar-refractivity contribution in [3.63, 3.8) is 0 Å². The van der Waals surface area contributed by atoms with Gasteiger partial charge in [-0.05, 0) is 45.4 Å². The van der Waals surface area contributed by atoms with E-state index >= 15 is 0 Å². The molecule has 0 radical (unpaired) electrons. The van der Waals surface area contributed by atoms with Crippen molar-refractivity contribution in [3.05, 3.63) is 29.6 Å². The van der Waals surface area contributed by atoms with Gasteiger partial charge < -0.3 is 9.84 Å². The molecular weight excluding hydrogens is 304 g/mol. The van der Waals surface area contributed by atoms with E-state index in [1.807, 2.05) is 0 Å². The van der Waals surface area contributed by atoms with Crippen LogP contribution in [0.4, 0.5) is 0 Å². The fraction of sp³-hybridized carbons (Fsp3) is 0.684. The van der Waals surface area contributed by atoms with Gasteiger partial charge in [0.25, 0.3) is 0 Å². The van der Waals surface area contributed by atoms with Crippen LogP contribution in [0, 0.1) is 5.41 Å². The molecule has 1 aromatic heterocycles. The molecule has 3 rings (SSSR count). The highest BCUT2D eigenvalue weighted by atomic mass is 16.5. The van der Waals surface area contributed by atoms with Crippen LogP contribution in [-0.2, 0) is 11.3 Å². The lowest BCUT2D eigenvalue weighted by atomic mass is 9.54. The van der Waals surface area contributed by atoms with Crippen molar-refractivity contribution in [3.8, 4) is 0 Å². The molecular formula is C19H28N2O3. The summed E-state index contributed by atoms with van der Waals surface area (Å²) >= 11 is 0. The van der Waals surface area contributed by atoms with Gasteiger partial charge in [0, 0.05) is 30.8 Å². The van der Waals surface area contributed by atoms with E-state index in [4.69, 9.17) is 4.74 Å². The Bertz CT molecular complexity index is 584. The lowest BCUT2D eigenvalue weighted by Gasteiger charge is -2.60. The smallest absolute Gasteiger partial charge is 0.337 e. The van der Waals surface area contributed by atoms with Crippen LogP contribution in [0.3, 0.4) is 0 Å². The Labute approximate surface area is 144 Å². The average Bonchev–Trinajstić information content (AvgIpc) is 2.59. The summed E-state index contributed by atoms with van der Waals surface area (Å²) in [4.78, 5) is 18.0. The molecule has 0 amide bonds. The van der Waals surface area contributed by atoms with E-state index in [1.54, 1.807) is 18.3 Å². The first kappa shape index (κ1) is 17.4. The predicted molar refractivity (Wildman–Crippen MR) is 92.0 cm³/mol. The zero-order valence-corrected chi connectivity index (χ0v) is 14.7. The number of carboxylic acids is 1. The SMILES string of the molecule is CCOC1CC(N(C)Cc2ncccc2C(=O)O)C12CCCCC2. The summed E-state index contributed by atoms with van der Waals surface area (Å²) in [5.74, 6) is -0.903. The molecule has 2 atom stereocenters. The molecule has 1 spiro atoms. The number of nitrogens with zero attached hydrogens (tertiary/aromatic N) is 2. The molecule has 0 saturated heterocycles. The Morgan fingerprint density at radius 2 is 2.17 bits per heavy atom. The van der Waals surface area contributed by atoms with Crippen molar-refractivity contribution in [1.82, 2.24) is 9.88 Å². The van der Waals surface area contributed by atoms with Gasteiger partial charge in [-0.3, -0.25) is 9.88 Å². The van der Waals surface area contributed by atoms with Crippen LogP contribution in [0.1, 0.15) is 61.5 Å². The Morgan fingerprint density at radius 3 is 2.83 bits per heavy atom. The van der Waals surface area contributed by atoms with E-state index in [2.05, 4.69) is 23.9 Å². The van der Waals surface area contributed by atoms with Crippen LogP contribution in [0.2, 0.25) is 0 Å². The third-order valence-corrected chi connectivity index (χ3v) is 5.95. The van der Waals surface area contributed by atoms with Gasteiger partial charge in [-0.1, -0.05) is 19.3 Å². The summed E-state index contributed by atoms with van der Waals surface area (Å²) in [5.41, 5.74) is 1.21. The maximum absolute atomic E-state index is 11.4. The summed E-state index contributed by atoms with van der Waals surface area (Å²) in [6.45, 7) is 3.42. The van der Waals surface area contributed by atoms with Crippen molar-refractivity contribution in [2.75, 3.05) is 13.7 Å². The van der Waals surface area contributed by atoms with Gasteiger partial charge >= 0.3 is 5.97 Å². The van der Waals surface area contributed by atoms with Crippen LogP contribution in [-0.4, -0.2) is 46.8 Å². The van der Waals surface area contributed by atoms with Gasteiger partial charge in [-0.15, -0.1) is 0 Å². The Kier molecular flexibility index (Phi) is 5.21. The average molecular weight is 332 g/mol. The Hall–Kier alpha value is -1.46. The molecule has 5 heteroatoms. The maximum Gasteiger partial charge on any atom is 0.337 e. The summed E-state index contributed by atoms with van der Waals surface area (Å²) in [7, 11) is 2.10. The normalized spacial score (nSPS) is 25.6. The van der Waals surface area contributed by atoms with Gasteiger partial charge in [-0.25, -0.2) is 4.79 Å². The Balaban J connectivity index is 1.75. The van der Waals surface area contributed by atoms with Gasteiger partial charge in [-0.2, -0.15) is 0 Å². The molecule has 2 fully saturated rings. The predicted octanol–water partition coefficient (Wildman–Crippen LogP) is 3.34. The largest absolute Gasteiger partial charge is 0.478 e. The summed E-state index contributed by atoms with van der Waals surface area (Å²) in [6.07, 6.45) is 9.39. The zero-order valence-electron chi connectivity index (χ0n) is 14.7. The van der Waals surface area contributed by atoms with Crippen LogP contribution in [0.25, 0.3) is 0 Å². The van der Waals surface area contributed by atoms with Gasteiger partial charge in [0.2, 0.25) is 0 Å². The van der Waals surface area contributed by atoms with Crippen molar-refractivity contribution < 1.29 is 14.6 Å². The fourth-order valence-corrected chi connectivity index (χ4v) is 4.75. The molecule has 5 nitrogen and oxygen atoms in total. The molecule has 24 heavy (non-hydrogen) atoms. The van der Waals surface area contributed by atoms with Crippen molar-refractivity contribution in [2.24, 2.45) is 5.41 Å². The standard InChI is InChI=1S/C19H28N2O3/c1-3-24-17-12-16(19(17)9-5-4-6-10-19)21(2)13-15-14(18(22)23)8-7-11-20-15/h7-8,11,16-17H,3-6,9-10,12-13H2,1-2H3,(H,22,23). The van der Waals surface area contributed by atoms with Crippen LogP contribution < -0.4 is 0 Å². The highest BCUT2D eigenvalue weighted by Gasteiger charge is 2.56. The number of carbonyl (C=O) groups is 1. The molecule has 2 aliphatic carbocycles. The van der Waals surface area contributed by atoms with Crippen LogP contribution in [0.15, 0.2) is 18.3 Å². The van der Waals surface area contributed by atoms with Crippen molar-refractivity contribution in [1.29, 1.82) is 0 Å². The monoisotopic (exact) mass is 332 g/mol. The van der Waals surface area contributed by atoms with E-state index in [0.717, 1.165) is 13.0 Å². The molecule has 0 aromatic carbocycles. The minimum atomic E-state index is -0.903. The number of hydrogen-bond acceptors (Lipinski definition) is 4. The molecule has 1 N–H and O–H groups in total. The van der Waals surface area contributed by atoms with Gasteiger partial charge in [0.05, 0.1) is 17.4 Å². The van der Waals surface area contributed by atoms with Crippen molar-refractivity contribution in [2.45, 2.75) is 64.1 Å². The van der Waals surface area contributed by atoms with Crippen LogP contribution >= 0.6 is 0 Å². The van der Waals surface area contributed by atoms with E-state index in [-0.39, 0.29) is 5.41 Å². The number of aromatic nitrogens is 1. The summed E-state index contributed by atoms with van der Waals surface area (Å²) in [6, 6.07) is 3.78. The molecule has 2 saturated carbocycles. The third-order valence-electron chi connectivity index (χ3n) is 5.95. The number of hydrogen-bond donors (Lipinski definition) is 1. The summed E-state index contributed by atoms with van der Waals surface area (Å²) in [5, 5.41) is 9.36. The third kappa shape index (κ3) is 3.07. The molecule has 2 aliphatic rings. The molecule has 0 bridgehead atoms. The summed E-state index contributed by atoms with van der Waals surface area (Å²) < 4.78 is 6.03. The number of ether oxygens (including phenoxy) is 1. The van der Waals surface area contributed by atoms with E-state index in [1.165, 1.54) is 32.1 Å². The lowest BCUT2D eigenvalue weighted by molar-refractivity contribution is -0.180. The fourth-order valence-electron chi connectivity index (χ4n) is 4.75. The topological polar surface area (TPSA) is 62.7 Å². The minimum absolute atomic E-state index is 0.251. The molecule has 0 aliphatic heterocycles. The van der Waals surface area contributed by atoms with Crippen LogP contribution in [0.5, 0.6) is 0 Å².